The van der Waals surface area contributed by atoms with Gasteiger partial charge in [0.05, 0.1) is 17.9 Å². The van der Waals surface area contributed by atoms with Crippen LogP contribution in [0.15, 0.2) is 35.5 Å². The minimum absolute atomic E-state index is 0.000481. The van der Waals surface area contributed by atoms with Crippen LogP contribution in [-0.4, -0.2) is 44.1 Å². The second-order valence-corrected chi connectivity index (χ2v) is 7.87. The quantitative estimate of drug-likeness (QED) is 0.713. The lowest BCUT2D eigenvalue weighted by Gasteiger charge is -2.19. The van der Waals surface area contributed by atoms with Gasteiger partial charge in [0.1, 0.15) is 0 Å². The van der Waals surface area contributed by atoms with Crippen molar-refractivity contribution < 1.29 is 9.53 Å². The highest BCUT2D eigenvalue weighted by molar-refractivity contribution is 8.00. The number of nitrogens with zero attached hydrogens (tertiary/aromatic N) is 4. The maximum atomic E-state index is 12.7. The molecule has 1 aromatic heterocycles. The molecule has 1 aliphatic heterocycles. The van der Waals surface area contributed by atoms with Gasteiger partial charge in [-0.3, -0.25) is 4.79 Å². The summed E-state index contributed by atoms with van der Waals surface area (Å²) in [7, 11) is 0. The minimum Gasteiger partial charge on any atom is -0.376 e. The van der Waals surface area contributed by atoms with Crippen LogP contribution < -0.4 is 5.32 Å². The van der Waals surface area contributed by atoms with Gasteiger partial charge in [-0.25, -0.2) is 4.68 Å². The number of carbonyl (C=O) groups is 1. The van der Waals surface area contributed by atoms with Crippen LogP contribution >= 0.6 is 11.8 Å². The van der Waals surface area contributed by atoms with E-state index in [1.54, 1.807) is 4.68 Å². The van der Waals surface area contributed by atoms with Gasteiger partial charge in [0.25, 0.3) is 0 Å². The van der Waals surface area contributed by atoms with Crippen LogP contribution in [0.2, 0.25) is 0 Å². The summed E-state index contributed by atoms with van der Waals surface area (Å²) in [6, 6.07) is 9.90. The SMILES string of the molecule is CC(C)[C@@H](Sc1nnnn1C[C@H]1CCCO1)C(=O)NCc1ccccc1. The van der Waals surface area contributed by atoms with Crippen molar-refractivity contribution in [1.29, 1.82) is 0 Å². The van der Waals surface area contributed by atoms with Gasteiger partial charge in [-0.1, -0.05) is 55.9 Å². The Kier molecular flexibility index (Phi) is 6.62. The van der Waals surface area contributed by atoms with Crippen LogP contribution in [0.5, 0.6) is 0 Å². The van der Waals surface area contributed by atoms with E-state index < -0.39 is 0 Å². The summed E-state index contributed by atoms with van der Waals surface area (Å²) in [5.41, 5.74) is 1.08. The van der Waals surface area contributed by atoms with Crippen molar-refractivity contribution >= 4 is 17.7 Å². The Balaban J connectivity index is 1.61. The Hall–Kier alpha value is -1.93. The first-order valence-electron chi connectivity index (χ1n) is 8.99. The van der Waals surface area contributed by atoms with Gasteiger partial charge in [-0.15, -0.1) is 5.10 Å². The van der Waals surface area contributed by atoms with Crippen molar-refractivity contribution in [2.75, 3.05) is 6.61 Å². The predicted octanol–water partition coefficient (Wildman–Crippen LogP) is 2.29. The summed E-state index contributed by atoms with van der Waals surface area (Å²) in [5, 5.41) is 15.4. The van der Waals surface area contributed by atoms with Crippen LogP contribution in [0.4, 0.5) is 0 Å². The maximum absolute atomic E-state index is 12.7. The fourth-order valence-electron chi connectivity index (χ4n) is 2.87. The van der Waals surface area contributed by atoms with Crippen LogP contribution in [0.3, 0.4) is 0 Å². The summed E-state index contributed by atoms with van der Waals surface area (Å²) >= 11 is 1.42. The number of ether oxygens (including phenoxy) is 1. The molecule has 140 valence electrons. The molecule has 1 N–H and O–H groups in total. The monoisotopic (exact) mass is 375 g/mol. The molecule has 3 rings (SSSR count). The van der Waals surface area contributed by atoms with Gasteiger partial charge in [0.2, 0.25) is 11.1 Å². The molecule has 0 spiro atoms. The first kappa shape index (κ1) is 18.8. The molecule has 26 heavy (non-hydrogen) atoms. The zero-order valence-electron chi connectivity index (χ0n) is 15.2. The van der Waals surface area contributed by atoms with Crippen molar-refractivity contribution in [3.05, 3.63) is 35.9 Å². The van der Waals surface area contributed by atoms with Crippen molar-refractivity contribution in [2.45, 2.75) is 56.3 Å². The first-order valence-corrected chi connectivity index (χ1v) is 9.87. The molecule has 2 atom stereocenters. The van der Waals surface area contributed by atoms with Crippen molar-refractivity contribution in [3.63, 3.8) is 0 Å². The zero-order chi connectivity index (χ0) is 18.4. The number of tetrazole rings is 1. The Morgan fingerprint density at radius 2 is 2.19 bits per heavy atom. The van der Waals surface area contributed by atoms with E-state index in [9.17, 15) is 4.79 Å². The number of aromatic nitrogens is 4. The zero-order valence-corrected chi connectivity index (χ0v) is 16.0. The summed E-state index contributed by atoms with van der Waals surface area (Å²) in [6.45, 7) is 6.02. The number of thioether (sulfide) groups is 1. The van der Waals surface area contributed by atoms with E-state index in [-0.39, 0.29) is 23.2 Å². The summed E-state index contributed by atoms with van der Waals surface area (Å²) < 4.78 is 7.41. The fourth-order valence-corrected chi connectivity index (χ4v) is 3.87. The molecule has 8 heteroatoms. The highest BCUT2D eigenvalue weighted by Gasteiger charge is 2.27. The van der Waals surface area contributed by atoms with Crippen LogP contribution in [0.1, 0.15) is 32.3 Å². The maximum Gasteiger partial charge on any atom is 0.234 e. The Bertz CT molecular complexity index is 701. The molecule has 7 nitrogen and oxygen atoms in total. The summed E-state index contributed by atoms with van der Waals surface area (Å²) in [5.74, 6) is 0.157. The van der Waals surface area contributed by atoms with Crippen LogP contribution in [0, 0.1) is 5.92 Å². The molecule has 0 bridgehead atoms. The van der Waals surface area contributed by atoms with Crippen molar-refractivity contribution in [2.24, 2.45) is 5.92 Å². The molecule has 1 fully saturated rings. The highest BCUT2D eigenvalue weighted by Crippen LogP contribution is 2.27. The fraction of sp³-hybridized carbons (Fsp3) is 0.556. The molecule has 1 amide bonds. The Morgan fingerprint density at radius 3 is 2.88 bits per heavy atom. The van der Waals surface area contributed by atoms with E-state index in [2.05, 4.69) is 20.8 Å². The lowest BCUT2D eigenvalue weighted by Crippen LogP contribution is -2.35. The van der Waals surface area contributed by atoms with Crippen LogP contribution in [0.25, 0.3) is 0 Å². The van der Waals surface area contributed by atoms with E-state index in [1.165, 1.54) is 11.8 Å². The molecule has 2 heterocycles. The average molecular weight is 375 g/mol. The smallest absolute Gasteiger partial charge is 0.234 e. The minimum atomic E-state index is -0.257. The van der Waals surface area contributed by atoms with Crippen molar-refractivity contribution in [3.8, 4) is 0 Å². The van der Waals surface area contributed by atoms with Crippen molar-refractivity contribution in [1.82, 2.24) is 25.5 Å². The molecule has 0 saturated carbocycles. The Morgan fingerprint density at radius 1 is 1.38 bits per heavy atom. The topological polar surface area (TPSA) is 81.9 Å². The number of hydrogen-bond donors (Lipinski definition) is 1. The lowest BCUT2D eigenvalue weighted by molar-refractivity contribution is -0.121. The molecule has 0 radical (unpaired) electrons. The van der Waals surface area contributed by atoms with E-state index in [0.29, 0.717) is 18.2 Å². The second kappa shape index (κ2) is 9.14. The van der Waals surface area contributed by atoms with Gasteiger partial charge < -0.3 is 10.1 Å². The number of benzene rings is 1. The largest absolute Gasteiger partial charge is 0.376 e. The lowest BCUT2D eigenvalue weighted by atomic mass is 10.1. The molecule has 2 aromatic rings. The predicted molar refractivity (Wildman–Crippen MR) is 99.6 cm³/mol. The third-order valence-electron chi connectivity index (χ3n) is 4.31. The third-order valence-corrected chi connectivity index (χ3v) is 5.82. The molecule has 1 saturated heterocycles. The molecule has 0 aliphatic carbocycles. The molecule has 0 unspecified atom stereocenters. The van der Waals surface area contributed by atoms with Gasteiger partial charge >= 0.3 is 0 Å². The molecular weight excluding hydrogens is 350 g/mol. The third kappa shape index (κ3) is 5.04. The normalized spacial score (nSPS) is 18.2. The summed E-state index contributed by atoms with van der Waals surface area (Å²) in [6.07, 6.45) is 2.25. The summed E-state index contributed by atoms with van der Waals surface area (Å²) in [4.78, 5) is 12.7. The van der Waals surface area contributed by atoms with Crippen LogP contribution in [-0.2, 0) is 22.6 Å². The first-order chi connectivity index (χ1) is 12.6. The van der Waals surface area contributed by atoms with E-state index in [4.69, 9.17) is 4.74 Å². The van der Waals surface area contributed by atoms with Gasteiger partial charge in [-0.2, -0.15) is 0 Å². The number of carbonyl (C=O) groups excluding carboxylic acids is 1. The van der Waals surface area contributed by atoms with E-state index in [0.717, 1.165) is 25.0 Å². The molecule has 1 aliphatic rings. The number of rotatable bonds is 8. The standard InChI is InChI=1S/C18H25N5O2S/c1-13(2)16(17(24)19-11-14-7-4-3-5-8-14)26-18-20-21-22-23(18)12-15-9-6-10-25-15/h3-5,7-8,13,15-16H,6,9-12H2,1-2H3,(H,19,24)/t15-,16-/m1/s1. The van der Waals surface area contributed by atoms with Gasteiger partial charge in [-0.05, 0) is 34.7 Å². The highest BCUT2D eigenvalue weighted by atomic mass is 32.2. The molecule has 1 aromatic carbocycles. The van der Waals surface area contributed by atoms with E-state index in [1.807, 2.05) is 44.2 Å². The number of hydrogen-bond acceptors (Lipinski definition) is 6. The Labute approximate surface area is 157 Å². The van der Waals surface area contributed by atoms with E-state index >= 15 is 0 Å². The number of nitrogens with one attached hydrogen (secondary N) is 1. The van der Waals surface area contributed by atoms with Gasteiger partial charge in [0.15, 0.2) is 0 Å². The molecular formula is C18H25N5O2S. The number of amides is 1. The average Bonchev–Trinajstić information content (AvgIpc) is 3.31. The van der Waals surface area contributed by atoms with Gasteiger partial charge in [0, 0.05) is 13.2 Å². The second-order valence-electron chi connectivity index (χ2n) is 6.76.